The van der Waals surface area contributed by atoms with Gasteiger partial charge < -0.3 is 9.64 Å². The number of nitrogens with zero attached hydrogens (tertiary/aromatic N) is 2. The smallest absolute Gasteiger partial charge is 0.139 e. The van der Waals surface area contributed by atoms with E-state index in [1.807, 2.05) is 11.9 Å². The molecule has 1 aromatic rings. The molecule has 0 N–H and O–H groups in total. The van der Waals surface area contributed by atoms with E-state index in [9.17, 15) is 0 Å². The van der Waals surface area contributed by atoms with Gasteiger partial charge in [0.05, 0.1) is 35.3 Å². The molecule has 0 amide bonds. The molecule has 0 spiro atoms. The van der Waals surface area contributed by atoms with Gasteiger partial charge in [0.1, 0.15) is 5.75 Å². The molecule has 86 valence electrons. The van der Waals surface area contributed by atoms with Crippen LogP contribution in [0.2, 0.25) is 10.0 Å². The summed E-state index contributed by atoms with van der Waals surface area (Å²) in [5.41, 5.74) is 0.794. The van der Waals surface area contributed by atoms with Crippen LogP contribution in [0.5, 0.6) is 5.75 Å². The number of anilines is 1. The van der Waals surface area contributed by atoms with Gasteiger partial charge in [-0.15, -0.1) is 0 Å². The fourth-order valence-corrected chi connectivity index (χ4v) is 1.84. The molecule has 0 atom stereocenters. The third-order valence-corrected chi connectivity index (χ3v) is 2.79. The first kappa shape index (κ1) is 13.0. The monoisotopic (exact) mass is 258 g/mol. The lowest BCUT2D eigenvalue weighted by atomic mass is 10.2. The van der Waals surface area contributed by atoms with Crippen LogP contribution in [0.3, 0.4) is 0 Å². The molecule has 0 aliphatic carbocycles. The summed E-state index contributed by atoms with van der Waals surface area (Å²) < 4.78 is 5.05. The van der Waals surface area contributed by atoms with Gasteiger partial charge in [-0.1, -0.05) is 23.2 Å². The second-order valence-corrected chi connectivity index (χ2v) is 4.08. The molecule has 5 heteroatoms. The first-order valence-electron chi connectivity index (χ1n) is 4.71. The van der Waals surface area contributed by atoms with E-state index in [-0.39, 0.29) is 0 Å². The standard InChI is InChI=1S/C11H12Cl2N2O/c1-15(5-3-4-14)10-6-9(13)11(16-2)7-8(10)12/h6-7H,3,5H2,1-2H3. The van der Waals surface area contributed by atoms with Crippen LogP contribution in [0.15, 0.2) is 12.1 Å². The highest BCUT2D eigenvalue weighted by molar-refractivity contribution is 6.36. The van der Waals surface area contributed by atoms with E-state index in [1.165, 1.54) is 7.11 Å². The summed E-state index contributed by atoms with van der Waals surface area (Å²) in [5, 5.41) is 9.57. The third kappa shape index (κ3) is 2.94. The average Bonchev–Trinajstić information content (AvgIpc) is 2.28. The van der Waals surface area contributed by atoms with Crippen molar-refractivity contribution in [3.05, 3.63) is 22.2 Å². The van der Waals surface area contributed by atoms with Crippen LogP contribution in [0.25, 0.3) is 0 Å². The molecule has 1 aromatic carbocycles. The molecule has 0 aliphatic rings. The topological polar surface area (TPSA) is 36.3 Å². The second kappa shape index (κ2) is 5.83. The summed E-state index contributed by atoms with van der Waals surface area (Å²) >= 11 is 12.1. The predicted molar refractivity (Wildman–Crippen MR) is 66.5 cm³/mol. The normalized spacial score (nSPS) is 9.69. The highest BCUT2D eigenvalue weighted by Crippen LogP contribution is 2.35. The van der Waals surface area contributed by atoms with Crippen molar-refractivity contribution in [3.63, 3.8) is 0 Å². The molecule has 1 rings (SSSR count). The zero-order valence-electron chi connectivity index (χ0n) is 9.13. The van der Waals surface area contributed by atoms with Gasteiger partial charge in [-0.2, -0.15) is 5.26 Å². The Kier molecular flexibility index (Phi) is 4.72. The molecular formula is C11H12Cl2N2O. The first-order valence-corrected chi connectivity index (χ1v) is 5.47. The summed E-state index contributed by atoms with van der Waals surface area (Å²) in [6.45, 7) is 0.610. The average molecular weight is 259 g/mol. The Balaban J connectivity index is 2.97. The van der Waals surface area contributed by atoms with Crippen molar-refractivity contribution in [3.8, 4) is 11.8 Å². The largest absolute Gasteiger partial charge is 0.495 e. The highest BCUT2D eigenvalue weighted by atomic mass is 35.5. The Morgan fingerprint density at radius 2 is 2.06 bits per heavy atom. The van der Waals surface area contributed by atoms with Crippen molar-refractivity contribution in [1.29, 1.82) is 5.26 Å². The second-order valence-electron chi connectivity index (χ2n) is 3.27. The fraction of sp³-hybridized carbons (Fsp3) is 0.364. The van der Waals surface area contributed by atoms with Crippen molar-refractivity contribution >= 4 is 28.9 Å². The maximum Gasteiger partial charge on any atom is 0.139 e. The Hall–Kier alpha value is -1.11. The number of hydrogen-bond acceptors (Lipinski definition) is 3. The van der Waals surface area contributed by atoms with Gasteiger partial charge in [-0.3, -0.25) is 0 Å². The molecular weight excluding hydrogens is 247 g/mol. The number of benzene rings is 1. The van der Waals surface area contributed by atoms with E-state index in [1.54, 1.807) is 12.1 Å². The van der Waals surface area contributed by atoms with E-state index in [0.717, 1.165) is 5.69 Å². The van der Waals surface area contributed by atoms with Gasteiger partial charge in [0, 0.05) is 19.7 Å². The molecule has 0 saturated heterocycles. The quantitative estimate of drug-likeness (QED) is 0.831. The summed E-state index contributed by atoms with van der Waals surface area (Å²) in [4.78, 5) is 1.89. The fourth-order valence-electron chi connectivity index (χ4n) is 1.31. The number of halogens is 2. The van der Waals surface area contributed by atoms with Gasteiger partial charge in [0.2, 0.25) is 0 Å². The molecule has 16 heavy (non-hydrogen) atoms. The van der Waals surface area contributed by atoms with Crippen LogP contribution in [0, 0.1) is 11.3 Å². The molecule has 0 fully saturated rings. The van der Waals surface area contributed by atoms with Gasteiger partial charge in [0.15, 0.2) is 0 Å². The molecule has 0 bridgehead atoms. The molecule has 0 unspecified atom stereocenters. The lowest BCUT2D eigenvalue weighted by molar-refractivity contribution is 0.415. The van der Waals surface area contributed by atoms with Crippen LogP contribution in [0.1, 0.15) is 6.42 Å². The molecule has 0 heterocycles. The molecule has 0 aromatic heterocycles. The Bertz CT molecular complexity index is 415. The lowest BCUT2D eigenvalue weighted by Gasteiger charge is -2.20. The number of hydrogen-bond donors (Lipinski definition) is 0. The maximum absolute atomic E-state index is 8.51. The van der Waals surface area contributed by atoms with E-state index in [4.69, 9.17) is 33.2 Å². The van der Waals surface area contributed by atoms with E-state index >= 15 is 0 Å². The van der Waals surface area contributed by atoms with Crippen molar-refractivity contribution in [2.24, 2.45) is 0 Å². The van der Waals surface area contributed by atoms with E-state index in [0.29, 0.717) is 28.8 Å². The summed E-state index contributed by atoms with van der Waals surface area (Å²) in [6.07, 6.45) is 0.441. The number of rotatable bonds is 4. The summed E-state index contributed by atoms with van der Waals surface area (Å²) in [6, 6.07) is 5.49. The number of methoxy groups -OCH3 is 1. The maximum atomic E-state index is 8.51. The number of nitriles is 1. The van der Waals surface area contributed by atoms with Gasteiger partial charge in [0.25, 0.3) is 0 Å². The van der Waals surface area contributed by atoms with E-state index < -0.39 is 0 Å². The SMILES string of the molecule is COc1cc(Cl)c(N(C)CCC#N)cc1Cl. The van der Waals surface area contributed by atoms with Crippen LogP contribution in [-0.4, -0.2) is 20.7 Å². The minimum absolute atomic E-state index is 0.441. The third-order valence-electron chi connectivity index (χ3n) is 2.19. The molecule has 0 aliphatic heterocycles. The Labute approximate surface area is 105 Å². The molecule has 0 saturated carbocycles. The van der Waals surface area contributed by atoms with Crippen molar-refractivity contribution in [2.45, 2.75) is 6.42 Å². The van der Waals surface area contributed by atoms with Gasteiger partial charge >= 0.3 is 0 Å². The first-order chi connectivity index (χ1) is 7.60. The zero-order chi connectivity index (χ0) is 12.1. The minimum Gasteiger partial charge on any atom is -0.495 e. The lowest BCUT2D eigenvalue weighted by Crippen LogP contribution is -2.18. The Morgan fingerprint density at radius 3 is 2.62 bits per heavy atom. The van der Waals surface area contributed by atoms with Gasteiger partial charge in [-0.05, 0) is 6.07 Å². The summed E-state index contributed by atoms with van der Waals surface area (Å²) in [5.74, 6) is 0.545. The Morgan fingerprint density at radius 1 is 1.38 bits per heavy atom. The predicted octanol–water partition coefficient (Wildman–Crippen LogP) is 3.35. The number of ether oxygens (including phenoxy) is 1. The van der Waals surface area contributed by atoms with Crippen LogP contribution in [-0.2, 0) is 0 Å². The van der Waals surface area contributed by atoms with Gasteiger partial charge in [-0.25, -0.2) is 0 Å². The zero-order valence-corrected chi connectivity index (χ0v) is 10.6. The molecule has 3 nitrogen and oxygen atoms in total. The van der Waals surface area contributed by atoms with Crippen molar-refractivity contribution in [1.82, 2.24) is 0 Å². The van der Waals surface area contributed by atoms with E-state index in [2.05, 4.69) is 6.07 Å². The molecule has 0 radical (unpaired) electrons. The van der Waals surface area contributed by atoms with Crippen LogP contribution >= 0.6 is 23.2 Å². The highest BCUT2D eigenvalue weighted by Gasteiger charge is 2.10. The summed E-state index contributed by atoms with van der Waals surface area (Å²) in [7, 11) is 3.40. The van der Waals surface area contributed by atoms with Crippen LogP contribution in [0.4, 0.5) is 5.69 Å². The van der Waals surface area contributed by atoms with Crippen molar-refractivity contribution in [2.75, 3.05) is 25.6 Å². The van der Waals surface area contributed by atoms with Crippen LogP contribution < -0.4 is 9.64 Å². The van der Waals surface area contributed by atoms with Crippen molar-refractivity contribution < 1.29 is 4.74 Å². The minimum atomic E-state index is 0.441.